The zero-order chi connectivity index (χ0) is 19.6. The third-order valence-electron chi connectivity index (χ3n) is 7.70. The van der Waals surface area contributed by atoms with Crippen LogP contribution in [0.3, 0.4) is 0 Å². The summed E-state index contributed by atoms with van der Waals surface area (Å²) in [5.74, 6) is 1.65. The molecule has 1 aromatic rings. The van der Waals surface area contributed by atoms with Crippen molar-refractivity contribution < 1.29 is 9.90 Å². The van der Waals surface area contributed by atoms with Crippen LogP contribution >= 0.6 is 0 Å². The van der Waals surface area contributed by atoms with Crippen LogP contribution in [0.4, 0.5) is 0 Å². The Hall–Kier alpha value is -1.39. The van der Waals surface area contributed by atoms with E-state index in [0.717, 1.165) is 64.8 Å². The molecule has 2 saturated heterocycles. The van der Waals surface area contributed by atoms with E-state index in [1.54, 1.807) is 0 Å². The lowest BCUT2D eigenvalue weighted by Gasteiger charge is -2.40. The summed E-state index contributed by atoms with van der Waals surface area (Å²) in [5.41, 5.74) is 0.834. The largest absolute Gasteiger partial charge is 0.390 e. The summed E-state index contributed by atoms with van der Waals surface area (Å²) in [4.78, 5) is 17.6. The molecule has 1 saturated carbocycles. The van der Waals surface area contributed by atoms with Crippen molar-refractivity contribution >= 4 is 5.91 Å². The van der Waals surface area contributed by atoms with Gasteiger partial charge in [-0.15, -0.1) is 0 Å². The van der Waals surface area contributed by atoms with E-state index in [1.807, 2.05) is 0 Å². The van der Waals surface area contributed by atoms with E-state index in [4.69, 9.17) is 0 Å². The lowest BCUT2D eigenvalue weighted by molar-refractivity contribution is -0.132. The van der Waals surface area contributed by atoms with Crippen molar-refractivity contribution in [2.45, 2.75) is 64.0 Å². The molecule has 0 bridgehead atoms. The van der Waals surface area contributed by atoms with E-state index in [0.29, 0.717) is 30.1 Å². The van der Waals surface area contributed by atoms with Gasteiger partial charge in [0.2, 0.25) is 5.91 Å². The highest BCUT2D eigenvalue weighted by Crippen LogP contribution is 2.44. The maximum atomic E-state index is 13.0. The Morgan fingerprint density at radius 1 is 1.14 bits per heavy atom. The monoisotopic (exact) mass is 384 g/mol. The van der Waals surface area contributed by atoms with Gasteiger partial charge in [-0.1, -0.05) is 43.7 Å². The zero-order valence-corrected chi connectivity index (χ0v) is 17.4. The Labute approximate surface area is 169 Å². The Morgan fingerprint density at radius 3 is 2.61 bits per heavy atom. The highest BCUT2D eigenvalue weighted by atomic mass is 16.3. The second-order valence-corrected chi connectivity index (χ2v) is 9.42. The van der Waals surface area contributed by atoms with Gasteiger partial charge in [0.25, 0.3) is 0 Å². The topological polar surface area (TPSA) is 43.8 Å². The Balaban J connectivity index is 1.25. The highest BCUT2D eigenvalue weighted by molar-refractivity contribution is 5.76. The fraction of sp³-hybridized carbons (Fsp3) is 0.708. The van der Waals surface area contributed by atoms with E-state index in [-0.39, 0.29) is 0 Å². The summed E-state index contributed by atoms with van der Waals surface area (Å²) in [6, 6.07) is 10.7. The maximum absolute atomic E-state index is 13.0. The minimum Gasteiger partial charge on any atom is -0.390 e. The van der Waals surface area contributed by atoms with Gasteiger partial charge in [0.05, 0.1) is 5.60 Å². The van der Waals surface area contributed by atoms with Crippen molar-refractivity contribution in [3.05, 3.63) is 35.9 Å². The van der Waals surface area contributed by atoms with Gasteiger partial charge in [0.15, 0.2) is 0 Å². The van der Waals surface area contributed by atoms with Gasteiger partial charge in [-0.05, 0) is 62.6 Å². The number of carbonyl (C=O) groups is 1. The minimum atomic E-state index is -0.541. The summed E-state index contributed by atoms with van der Waals surface area (Å²) in [5, 5.41) is 11.0. The Kier molecular flexibility index (Phi) is 6.07. The van der Waals surface area contributed by atoms with E-state index >= 15 is 0 Å². The lowest BCUT2D eigenvalue weighted by atomic mass is 9.69. The number of amides is 1. The first-order valence-corrected chi connectivity index (χ1v) is 11.3. The lowest BCUT2D eigenvalue weighted by Crippen LogP contribution is -2.44. The molecule has 1 amide bonds. The summed E-state index contributed by atoms with van der Waals surface area (Å²) >= 11 is 0. The molecule has 4 heteroatoms. The number of likely N-dealkylation sites (tertiary alicyclic amines) is 2. The number of hydrogen-bond acceptors (Lipinski definition) is 3. The SMILES string of the molecule is CC[C@@]1(O)CCC[C@@H]2CN(C(=O)CC3CCN(Cc4ccccc4)CC3)C[C@@H]21. The number of aliphatic hydroxyl groups is 1. The quantitative estimate of drug-likeness (QED) is 0.842. The van der Waals surface area contributed by atoms with Crippen LogP contribution in [0.2, 0.25) is 0 Å². The smallest absolute Gasteiger partial charge is 0.222 e. The number of carbonyl (C=O) groups excluding carboxylic acids is 1. The fourth-order valence-corrected chi connectivity index (χ4v) is 5.84. The molecular weight excluding hydrogens is 348 g/mol. The molecule has 1 aliphatic carbocycles. The zero-order valence-electron chi connectivity index (χ0n) is 17.4. The molecule has 3 atom stereocenters. The van der Waals surface area contributed by atoms with Gasteiger partial charge in [0.1, 0.15) is 0 Å². The predicted molar refractivity (Wildman–Crippen MR) is 112 cm³/mol. The molecule has 3 fully saturated rings. The second-order valence-electron chi connectivity index (χ2n) is 9.42. The molecule has 0 aromatic heterocycles. The molecule has 28 heavy (non-hydrogen) atoms. The van der Waals surface area contributed by atoms with Crippen LogP contribution in [0.15, 0.2) is 30.3 Å². The average Bonchev–Trinajstić information content (AvgIpc) is 3.17. The summed E-state index contributed by atoms with van der Waals surface area (Å²) in [6.45, 7) is 6.95. The number of nitrogens with zero attached hydrogens (tertiary/aromatic N) is 2. The molecule has 2 heterocycles. The van der Waals surface area contributed by atoms with E-state index < -0.39 is 5.60 Å². The van der Waals surface area contributed by atoms with E-state index in [1.165, 1.54) is 12.0 Å². The average molecular weight is 385 g/mol. The van der Waals surface area contributed by atoms with Crippen molar-refractivity contribution in [2.75, 3.05) is 26.2 Å². The normalized spacial score (nSPS) is 31.7. The van der Waals surface area contributed by atoms with Crippen LogP contribution in [-0.4, -0.2) is 52.6 Å². The Bertz CT molecular complexity index is 656. The van der Waals surface area contributed by atoms with Crippen LogP contribution < -0.4 is 0 Å². The van der Waals surface area contributed by atoms with Gasteiger partial charge in [-0.2, -0.15) is 0 Å². The van der Waals surface area contributed by atoms with Crippen LogP contribution in [0, 0.1) is 17.8 Å². The molecule has 4 rings (SSSR count). The molecule has 1 aromatic carbocycles. The number of piperidine rings is 1. The summed E-state index contributed by atoms with van der Waals surface area (Å²) < 4.78 is 0. The Morgan fingerprint density at radius 2 is 1.89 bits per heavy atom. The van der Waals surface area contributed by atoms with Gasteiger partial charge in [-0.25, -0.2) is 0 Å². The number of hydrogen-bond donors (Lipinski definition) is 1. The van der Waals surface area contributed by atoms with Gasteiger partial charge in [0, 0.05) is 32.0 Å². The molecule has 0 unspecified atom stereocenters. The first-order valence-electron chi connectivity index (χ1n) is 11.3. The highest BCUT2D eigenvalue weighted by Gasteiger charge is 2.48. The fourth-order valence-electron chi connectivity index (χ4n) is 5.84. The molecular formula is C24H36N2O2. The van der Waals surface area contributed by atoms with E-state index in [9.17, 15) is 9.90 Å². The molecule has 3 aliphatic rings. The van der Waals surface area contributed by atoms with Gasteiger partial charge < -0.3 is 10.0 Å². The van der Waals surface area contributed by atoms with Crippen molar-refractivity contribution in [3.8, 4) is 0 Å². The molecule has 154 valence electrons. The maximum Gasteiger partial charge on any atom is 0.222 e. The number of benzene rings is 1. The standard InChI is InChI=1S/C24H36N2O2/c1-2-24(28)12-6-9-21-17-26(18-22(21)24)23(27)15-19-10-13-25(14-11-19)16-20-7-4-3-5-8-20/h3-5,7-8,19,21-22,28H,2,6,9-18H2,1H3/t21-,22+,24-/m1/s1. The first-order chi connectivity index (χ1) is 13.6. The third kappa shape index (κ3) is 4.28. The van der Waals surface area contributed by atoms with Gasteiger partial charge >= 0.3 is 0 Å². The first kappa shape index (κ1) is 19.9. The predicted octanol–water partition coefficient (Wildman–Crippen LogP) is 3.69. The van der Waals surface area contributed by atoms with Crippen molar-refractivity contribution in [1.82, 2.24) is 9.80 Å². The van der Waals surface area contributed by atoms with Crippen LogP contribution in [0.5, 0.6) is 0 Å². The summed E-state index contributed by atoms with van der Waals surface area (Å²) in [6.07, 6.45) is 6.95. The van der Waals surface area contributed by atoms with Crippen LogP contribution in [-0.2, 0) is 11.3 Å². The van der Waals surface area contributed by atoms with Crippen LogP contribution in [0.25, 0.3) is 0 Å². The second kappa shape index (κ2) is 8.54. The molecule has 1 N–H and O–H groups in total. The number of fused-ring (bicyclic) bond motifs is 1. The van der Waals surface area contributed by atoms with Crippen molar-refractivity contribution in [2.24, 2.45) is 17.8 Å². The molecule has 2 aliphatic heterocycles. The summed E-state index contributed by atoms with van der Waals surface area (Å²) in [7, 11) is 0. The molecule has 0 radical (unpaired) electrons. The van der Waals surface area contributed by atoms with Gasteiger partial charge in [-0.3, -0.25) is 9.69 Å². The third-order valence-corrected chi connectivity index (χ3v) is 7.70. The number of rotatable bonds is 5. The van der Waals surface area contributed by atoms with Crippen molar-refractivity contribution in [1.29, 1.82) is 0 Å². The molecule has 0 spiro atoms. The van der Waals surface area contributed by atoms with Crippen molar-refractivity contribution in [3.63, 3.8) is 0 Å². The van der Waals surface area contributed by atoms with Crippen LogP contribution in [0.1, 0.15) is 57.4 Å². The van der Waals surface area contributed by atoms with E-state index in [2.05, 4.69) is 47.1 Å². The minimum absolute atomic E-state index is 0.294. The molecule has 4 nitrogen and oxygen atoms in total.